The average Bonchev–Trinajstić information content (AvgIpc) is 2.47. The molecule has 2 N–H and O–H groups in total. The predicted octanol–water partition coefficient (Wildman–Crippen LogP) is 0.873. The van der Waals surface area contributed by atoms with E-state index in [9.17, 15) is 13.2 Å². The number of anilines is 1. The minimum Gasteiger partial charge on any atom is -0.379 e. The van der Waals surface area contributed by atoms with Crippen molar-refractivity contribution in [1.29, 1.82) is 0 Å². The van der Waals surface area contributed by atoms with Crippen LogP contribution in [0.2, 0.25) is 0 Å². The van der Waals surface area contributed by atoms with Gasteiger partial charge in [-0.25, -0.2) is 0 Å². The maximum Gasteiger partial charge on any atom is 0.280 e. The van der Waals surface area contributed by atoms with Gasteiger partial charge in [-0.2, -0.15) is 17.4 Å². The first-order valence-electron chi connectivity index (χ1n) is 7.11. The standard InChI is InChI=1S/C14H21N3O4S/c1-11(13-4-3-5-14(10-13)15-12(2)18)16-22(19,20)17-6-8-21-9-7-17/h3-5,10-11,16H,6-9H2,1-2H3,(H,15,18). The molecule has 2 rings (SSSR count). The number of hydrogen-bond acceptors (Lipinski definition) is 4. The van der Waals surface area contributed by atoms with Crippen LogP contribution in [0.15, 0.2) is 24.3 Å². The van der Waals surface area contributed by atoms with Crippen LogP contribution in [0.1, 0.15) is 25.5 Å². The Morgan fingerprint density at radius 1 is 1.32 bits per heavy atom. The minimum absolute atomic E-state index is 0.168. The molecule has 0 saturated carbocycles. The second-order valence-corrected chi connectivity index (χ2v) is 6.86. The Hall–Kier alpha value is -1.48. The van der Waals surface area contributed by atoms with E-state index in [1.807, 2.05) is 6.07 Å². The van der Waals surface area contributed by atoms with Gasteiger partial charge in [0.25, 0.3) is 10.2 Å². The molecule has 1 fully saturated rings. The van der Waals surface area contributed by atoms with Gasteiger partial charge in [-0.15, -0.1) is 0 Å². The average molecular weight is 327 g/mol. The lowest BCUT2D eigenvalue weighted by molar-refractivity contribution is -0.114. The number of carbonyl (C=O) groups excluding carboxylic acids is 1. The Balaban J connectivity index is 2.07. The lowest BCUT2D eigenvalue weighted by atomic mass is 10.1. The monoisotopic (exact) mass is 327 g/mol. The molecule has 1 aromatic rings. The summed E-state index contributed by atoms with van der Waals surface area (Å²) in [5.41, 5.74) is 1.42. The number of benzene rings is 1. The van der Waals surface area contributed by atoms with Crippen LogP contribution in [-0.2, 0) is 19.7 Å². The van der Waals surface area contributed by atoms with E-state index in [0.29, 0.717) is 32.0 Å². The number of amides is 1. The molecule has 0 spiro atoms. The number of rotatable bonds is 5. The highest BCUT2D eigenvalue weighted by atomic mass is 32.2. The molecule has 1 unspecified atom stereocenters. The summed E-state index contributed by atoms with van der Waals surface area (Å²) in [6.07, 6.45) is 0. The van der Waals surface area contributed by atoms with E-state index in [4.69, 9.17) is 4.74 Å². The quantitative estimate of drug-likeness (QED) is 0.840. The van der Waals surface area contributed by atoms with E-state index in [1.165, 1.54) is 11.2 Å². The van der Waals surface area contributed by atoms with Gasteiger partial charge >= 0.3 is 0 Å². The lowest BCUT2D eigenvalue weighted by Crippen LogP contribution is -2.47. The Kier molecular flexibility index (Phi) is 5.52. The first kappa shape index (κ1) is 16.9. The van der Waals surface area contributed by atoms with E-state index in [1.54, 1.807) is 25.1 Å². The van der Waals surface area contributed by atoms with Crippen molar-refractivity contribution in [3.63, 3.8) is 0 Å². The summed E-state index contributed by atoms with van der Waals surface area (Å²) < 4.78 is 33.8. The second kappa shape index (κ2) is 7.19. The number of nitrogens with one attached hydrogen (secondary N) is 2. The fraction of sp³-hybridized carbons (Fsp3) is 0.500. The van der Waals surface area contributed by atoms with Crippen molar-refractivity contribution in [2.24, 2.45) is 0 Å². The van der Waals surface area contributed by atoms with Crippen LogP contribution in [0.5, 0.6) is 0 Å². The van der Waals surface area contributed by atoms with Crippen molar-refractivity contribution in [1.82, 2.24) is 9.03 Å². The Bertz CT molecular complexity index is 627. The highest BCUT2D eigenvalue weighted by Crippen LogP contribution is 2.19. The van der Waals surface area contributed by atoms with Crippen molar-refractivity contribution in [2.75, 3.05) is 31.6 Å². The summed E-state index contributed by atoms with van der Waals surface area (Å²) in [5.74, 6) is -0.168. The first-order chi connectivity index (χ1) is 10.4. The van der Waals surface area contributed by atoms with Gasteiger partial charge in [0.1, 0.15) is 0 Å². The van der Waals surface area contributed by atoms with Crippen LogP contribution in [0.25, 0.3) is 0 Å². The number of nitrogens with zero attached hydrogens (tertiary/aromatic N) is 1. The minimum atomic E-state index is -3.55. The number of hydrogen-bond donors (Lipinski definition) is 2. The van der Waals surface area contributed by atoms with Gasteiger partial charge in [-0.3, -0.25) is 4.79 Å². The summed E-state index contributed by atoms with van der Waals surface area (Å²) in [7, 11) is -3.55. The van der Waals surface area contributed by atoms with Crippen molar-refractivity contribution in [3.05, 3.63) is 29.8 Å². The topological polar surface area (TPSA) is 87.7 Å². The van der Waals surface area contributed by atoms with E-state index in [2.05, 4.69) is 10.0 Å². The molecular weight excluding hydrogens is 306 g/mol. The van der Waals surface area contributed by atoms with E-state index >= 15 is 0 Å². The summed E-state index contributed by atoms with van der Waals surface area (Å²) in [6, 6.07) is 6.71. The molecule has 0 aromatic heterocycles. The van der Waals surface area contributed by atoms with Gasteiger partial charge in [0.05, 0.1) is 13.2 Å². The van der Waals surface area contributed by atoms with Gasteiger partial charge in [0.15, 0.2) is 0 Å². The van der Waals surface area contributed by atoms with Crippen molar-refractivity contribution < 1.29 is 17.9 Å². The lowest BCUT2D eigenvalue weighted by Gasteiger charge is -2.27. The Labute approximate surface area is 130 Å². The molecule has 8 heteroatoms. The molecule has 1 aromatic carbocycles. The Morgan fingerprint density at radius 3 is 2.64 bits per heavy atom. The number of carbonyl (C=O) groups is 1. The fourth-order valence-corrected chi connectivity index (χ4v) is 3.60. The highest BCUT2D eigenvalue weighted by Gasteiger charge is 2.26. The maximum absolute atomic E-state index is 12.3. The summed E-state index contributed by atoms with van der Waals surface area (Å²) >= 11 is 0. The van der Waals surface area contributed by atoms with Crippen molar-refractivity contribution >= 4 is 21.8 Å². The van der Waals surface area contributed by atoms with Gasteiger partial charge in [-0.1, -0.05) is 12.1 Å². The molecule has 1 atom stereocenters. The van der Waals surface area contributed by atoms with Crippen LogP contribution in [-0.4, -0.2) is 44.9 Å². The van der Waals surface area contributed by atoms with Crippen LogP contribution < -0.4 is 10.0 Å². The van der Waals surface area contributed by atoms with E-state index in [-0.39, 0.29) is 5.91 Å². The van der Waals surface area contributed by atoms with Crippen LogP contribution in [0, 0.1) is 0 Å². The van der Waals surface area contributed by atoms with Crippen LogP contribution >= 0.6 is 0 Å². The molecule has 1 heterocycles. The largest absolute Gasteiger partial charge is 0.379 e. The second-order valence-electron chi connectivity index (χ2n) is 5.16. The van der Waals surface area contributed by atoms with Crippen LogP contribution in [0.3, 0.4) is 0 Å². The molecule has 7 nitrogen and oxygen atoms in total. The number of morpholine rings is 1. The number of ether oxygens (including phenoxy) is 1. The van der Waals surface area contributed by atoms with E-state index in [0.717, 1.165) is 5.56 Å². The zero-order chi connectivity index (χ0) is 16.2. The Morgan fingerprint density at radius 2 is 2.00 bits per heavy atom. The maximum atomic E-state index is 12.3. The third-order valence-electron chi connectivity index (χ3n) is 3.34. The molecule has 22 heavy (non-hydrogen) atoms. The molecule has 0 radical (unpaired) electrons. The smallest absolute Gasteiger partial charge is 0.280 e. The van der Waals surface area contributed by atoms with Crippen molar-refractivity contribution in [3.8, 4) is 0 Å². The van der Waals surface area contributed by atoms with Gasteiger partial charge in [0, 0.05) is 31.7 Å². The summed E-state index contributed by atoms with van der Waals surface area (Å²) in [6.45, 7) is 4.73. The molecule has 122 valence electrons. The zero-order valence-electron chi connectivity index (χ0n) is 12.7. The van der Waals surface area contributed by atoms with E-state index < -0.39 is 16.3 Å². The molecule has 0 bridgehead atoms. The fourth-order valence-electron chi connectivity index (χ4n) is 2.24. The zero-order valence-corrected chi connectivity index (χ0v) is 13.5. The predicted molar refractivity (Wildman–Crippen MR) is 83.6 cm³/mol. The highest BCUT2D eigenvalue weighted by molar-refractivity contribution is 7.87. The molecule has 0 aliphatic carbocycles. The molecule has 1 aliphatic heterocycles. The molecular formula is C14H21N3O4S. The molecule has 1 amide bonds. The summed E-state index contributed by atoms with van der Waals surface area (Å²) in [5, 5.41) is 2.68. The SMILES string of the molecule is CC(=O)Nc1cccc(C(C)NS(=O)(=O)N2CCOCC2)c1. The van der Waals surface area contributed by atoms with Crippen LogP contribution in [0.4, 0.5) is 5.69 Å². The van der Waals surface area contributed by atoms with Gasteiger partial charge in [-0.05, 0) is 24.6 Å². The molecule has 1 aliphatic rings. The van der Waals surface area contributed by atoms with Gasteiger partial charge in [0.2, 0.25) is 5.91 Å². The third kappa shape index (κ3) is 4.51. The normalized spacial score (nSPS) is 17.9. The third-order valence-corrected chi connectivity index (χ3v) is 5.04. The summed E-state index contributed by atoms with van der Waals surface area (Å²) in [4.78, 5) is 11.1. The van der Waals surface area contributed by atoms with Crippen molar-refractivity contribution in [2.45, 2.75) is 19.9 Å². The first-order valence-corrected chi connectivity index (χ1v) is 8.55. The molecule has 1 saturated heterocycles. The van der Waals surface area contributed by atoms with Gasteiger partial charge < -0.3 is 10.1 Å².